The van der Waals surface area contributed by atoms with Gasteiger partial charge in [-0.1, -0.05) is 11.6 Å². The molecule has 1 aromatic heterocycles. The topological polar surface area (TPSA) is 68.7 Å². The van der Waals surface area contributed by atoms with Crippen LogP contribution in [0.25, 0.3) is 11.3 Å². The van der Waals surface area contributed by atoms with Crippen LogP contribution in [0.2, 0.25) is 5.02 Å². The monoisotopic (exact) mass is 496 g/mol. The van der Waals surface area contributed by atoms with Crippen LogP contribution in [0.4, 0.5) is 9.52 Å². The van der Waals surface area contributed by atoms with E-state index in [1.54, 1.807) is 20.3 Å². The Morgan fingerprint density at radius 2 is 1.75 bits per heavy atom. The summed E-state index contributed by atoms with van der Waals surface area (Å²) in [5.41, 5.74) is 1.68. The second-order valence-electron chi connectivity index (χ2n) is 7.42. The van der Waals surface area contributed by atoms with E-state index in [-0.39, 0.29) is 9.92 Å². The average Bonchev–Trinajstić information content (AvgIpc) is 3.29. The molecule has 170 valence electrons. The molecule has 0 saturated carbocycles. The summed E-state index contributed by atoms with van der Waals surface area (Å²) in [6, 6.07) is 9.00. The van der Waals surface area contributed by atoms with Crippen LogP contribution >= 0.6 is 22.9 Å². The zero-order valence-electron chi connectivity index (χ0n) is 17.5. The number of aromatic nitrogens is 1. The van der Waals surface area contributed by atoms with Crippen molar-refractivity contribution in [1.82, 2.24) is 4.98 Å². The van der Waals surface area contributed by atoms with E-state index in [1.165, 1.54) is 17.4 Å². The highest BCUT2D eigenvalue weighted by Gasteiger charge is 2.33. The fourth-order valence-electron chi connectivity index (χ4n) is 3.74. The van der Waals surface area contributed by atoms with Crippen molar-refractivity contribution in [3.05, 3.63) is 52.6 Å². The van der Waals surface area contributed by atoms with E-state index in [4.69, 9.17) is 26.1 Å². The number of nitrogens with zero attached hydrogens (tertiary/aromatic N) is 2. The lowest BCUT2D eigenvalue weighted by Crippen LogP contribution is -2.39. The maximum absolute atomic E-state index is 13.3. The van der Waals surface area contributed by atoms with E-state index in [2.05, 4.69) is 4.90 Å². The third kappa shape index (κ3) is 4.55. The third-order valence-electron chi connectivity index (χ3n) is 5.49. The molecule has 1 saturated heterocycles. The second-order valence-corrected chi connectivity index (χ2v) is 10.9. The van der Waals surface area contributed by atoms with E-state index in [0.29, 0.717) is 37.4 Å². The van der Waals surface area contributed by atoms with Crippen molar-refractivity contribution in [2.24, 2.45) is 0 Å². The molecule has 10 heteroatoms. The number of sulfone groups is 1. The molecule has 0 N–H and O–H groups in total. The van der Waals surface area contributed by atoms with Gasteiger partial charge >= 0.3 is 0 Å². The molecule has 1 aliphatic rings. The molecule has 2 aromatic carbocycles. The molecular weight excluding hydrogens is 475 g/mol. The average molecular weight is 497 g/mol. The Morgan fingerprint density at radius 3 is 2.34 bits per heavy atom. The Labute approximate surface area is 195 Å². The van der Waals surface area contributed by atoms with Crippen molar-refractivity contribution in [2.45, 2.75) is 23.0 Å². The number of thiazole rings is 1. The smallest absolute Gasteiger partial charge is 0.185 e. The fraction of sp³-hybridized carbons (Fsp3) is 0.318. The fourth-order valence-corrected chi connectivity index (χ4v) is 6.90. The SMILES string of the molecule is COc1cc(OC)cc(-c2csc(N3CCC(S(=O)(=O)c4ccc(F)cc4Cl)CC3)n2)c1. The largest absolute Gasteiger partial charge is 0.497 e. The van der Waals surface area contributed by atoms with Crippen LogP contribution in [-0.2, 0) is 9.84 Å². The van der Waals surface area contributed by atoms with Crippen molar-refractivity contribution in [2.75, 3.05) is 32.2 Å². The zero-order chi connectivity index (χ0) is 22.9. The maximum Gasteiger partial charge on any atom is 0.185 e. The summed E-state index contributed by atoms with van der Waals surface area (Å²) < 4.78 is 50.0. The summed E-state index contributed by atoms with van der Waals surface area (Å²) in [7, 11) is -0.439. The zero-order valence-corrected chi connectivity index (χ0v) is 19.9. The third-order valence-corrected chi connectivity index (χ3v) is 9.14. The van der Waals surface area contributed by atoms with Gasteiger partial charge in [0.15, 0.2) is 15.0 Å². The summed E-state index contributed by atoms with van der Waals surface area (Å²) >= 11 is 7.51. The number of piperidine rings is 1. The van der Waals surface area contributed by atoms with Crippen LogP contribution in [0.15, 0.2) is 46.7 Å². The van der Waals surface area contributed by atoms with Crippen LogP contribution < -0.4 is 14.4 Å². The van der Waals surface area contributed by atoms with Crippen LogP contribution in [0.1, 0.15) is 12.8 Å². The molecule has 0 radical (unpaired) electrons. The molecule has 0 bridgehead atoms. The van der Waals surface area contributed by atoms with E-state index in [0.717, 1.165) is 28.5 Å². The van der Waals surface area contributed by atoms with Gasteiger partial charge in [-0.25, -0.2) is 17.8 Å². The number of ether oxygens (including phenoxy) is 2. The van der Waals surface area contributed by atoms with Gasteiger partial charge in [-0.15, -0.1) is 11.3 Å². The first kappa shape index (κ1) is 22.8. The van der Waals surface area contributed by atoms with Crippen molar-refractivity contribution in [3.8, 4) is 22.8 Å². The number of methoxy groups -OCH3 is 2. The molecule has 0 spiro atoms. The molecule has 1 aliphatic heterocycles. The predicted molar refractivity (Wildman–Crippen MR) is 124 cm³/mol. The van der Waals surface area contributed by atoms with Crippen molar-refractivity contribution in [3.63, 3.8) is 0 Å². The predicted octanol–water partition coefficient (Wildman–Crippen LogP) is 5.06. The van der Waals surface area contributed by atoms with Gasteiger partial charge in [-0.2, -0.15) is 0 Å². The van der Waals surface area contributed by atoms with Gasteiger partial charge in [0.25, 0.3) is 0 Å². The number of anilines is 1. The minimum absolute atomic E-state index is 0.0116. The van der Waals surface area contributed by atoms with Gasteiger partial charge in [-0.05, 0) is 43.2 Å². The van der Waals surface area contributed by atoms with Crippen molar-refractivity contribution in [1.29, 1.82) is 0 Å². The number of benzene rings is 2. The highest BCUT2D eigenvalue weighted by molar-refractivity contribution is 7.92. The molecule has 6 nitrogen and oxygen atoms in total. The standard InChI is InChI=1S/C22H22ClFN2O4S2/c1-29-16-9-14(10-17(12-16)30-2)20-13-31-22(25-20)26-7-5-18(6-8-26)32(27,28)21-4-3-15(24)11-19(21)23/h3-4,9-13,18H,5-8H2,1-2H3. The van der Waals surface area contributed by atoms with Gasteiger partial charge < -0.3 is 14.4 Å². The van der Waals surface area contributed by atoms with Gasteiger partial charge in [0.1, 0.15) is 17.3 Å². The first-order chi connectivity index (χ1) is 15.3. The first-order valence-electron chi connectivity index (χ1n) is 9.94. The van der Waals surface area contributed by atoms with Gasteiger partial charge in [0, 0.05) is 30.1 Å². The van der Waals surface area contributed by atoms with Crippen LogP contribution in [0.3, 0.4) is 0 Å². The first-order valence-corrected chi connectivity index (χ1v) is 12.7. The van der Waals surface area contributed by atoms with Crippen LogP contribution in [0, 0.1) is 5.82 Å². The van der Waals surface area contributed by atoms with E-state index in [9.17, 15) is 12.8 Å². The Kier molecular flexibility index (Phi) is 6.60. The lowest BCUT2D eigenvalue weighted by atomic mass is 10.1. The van der Waals surface area contributed by atoms with Gasteiger partial charge in [0.05, 0.1) is 35.1 Å². The van der Waals surface area contributed by atoms with Crippen LogP contribution in [0.5, 0.6) is 11.5 Å². The van der Waals surface area contributed by atoms with Crippen molar-refractivity contribution >= 4 is 37.9 Å². The number of hydrogen-bond donors (Lipinski definition) is 0. The molecule has 0 amide bonds. The van der Waals surface area contributed by atoms with Crippen molar-refractivity contribution < 1.29 is 22.3 Å². The minimum atomic E-state index is -3.64. The summed E-state index contributed by atoms with van der Waals surface area (Å²) in [6.07, 6.45) is 0.885. The Bertz CT molecular complexity index is 1200. The minimum Gasteiger partial charge on any atom is -0.497 e. The highest BCUT2D eigenvalue weighted by atomic mass is 35.5. The molecule has 0 unspecified atom stereocenters. The molecule has 32 heavy (non-hydrogen) atoms. The molecule has 0 atom stereocenters. The van der Waals surface area contributed by atoms with E-state index >= 15 is 0 Å². The maximum atomic E-state index is 13.3. The number of rotatable bonds is 6. The van der Waals surface area contributed by atoms with E-state index < -0.39 is 20.9 Å². The summed E-state index contributed by atoms with van der Waals surface area (Å²) in [4.78, 5) is 6.82. The van der Waals surface area contributed by atoms with E-state index in [1.807, 2.05) is 17.5 Å². The van der Waals surface area contributed by atoms with Gasteiger partial charge in [-0.3, -0.25) is 0 Å². The lowest BCUT2D eigenvalue weighted by Gasteiger charge is -2.31. The normalized spacial score (nSPS) is 15.1. The lowest BCUT2D eigenvalue weighted by molar-refractivity contribution is 0.394. The van der Waals surface area contributed by atoms with Gasteiger partial charge in [0.2, 0.25) is 0 Å². The summed E-state index contributed by atoms with van der Waals surface area (Å²) in [5, 5.41) is 2.15. The Balaban J connectivity index is 1.48. The molecule has 2 heterocycles. The number of halogens is 2. The van der Waals surface area contributed by atoms with Crippen LogP contribution in [-0.4, -0.2) is 46.0 Å². The molecular formula is C22H22ClFN2O4S2. The quantitative estimate of drug-likeness (QED) is 0.444. The highest BCUT2D eigenvalue weighted by Crippen LogP contribution is 2.35. The summed E-state index contributed by atoms with van der Waals surface area (Å²) in [6.45, 7) is 1.11. The second kappa shape index (κ2) is 9.25. The molecule has 4 rings (SSSR count). The Hall–Kier alpha value is -2.36. The number of hydrogen-bond acceptors (Lipinski definition) is 7. The molecule has 0 aliphatic carbocycles. The molecule has 1 fully saturated rings. The Morgan fingerprint density at radius 1 is 1.09 bits per heavy atom. The molecule has 3 aromatic rings. The summed E-state index contributed by atoms with van der Waals surface area (Å²) in [5.74, 6) is 0.802.